The summed E-state index contributed by atoms with van der Waals surface area (Å²) in [5, 5.41) is 0. The second-order valence-corrected chi connectivity index (χ2v) is 5.65. The van der Waals surface area contributed by atoms with Crippen LogP contribution in [0.3, 0.4) is 0 Å². The van der Waals surface area contributed by atoms with Crippen LogP contribution >= 0.6 is 0 Å². The lowest BCUT2D eigenvalue weighted by Crippen LogP contribution is -2.36. The normalized spacial score (nSPS) is 11.2. The molecule has 0 bridgehead atoms. The van der Waals surface area contributed by atoms with Gasteiger partial charge in [0.05, 0.1) is 11.8 Å². The molecule has 0 atom stereocenters. The van der Waals surface area contributed by atoms with Gasteiger partial charge in [-0.05, 0) is 44.5 Å². The standard InChI is InChI=1S/C11H17N3O4S/c1-7(2)18-11(15)14-19(16,17)13-10-5-4-9(12)6-8(10)3/h4-7,13H,12H2,1-3H3,(H,14,15). The minimum Gasteiger partial charge on any atom is -0.446 e. The molecule has 1 aromatic carbocycles. The molecule has 1 rings (SSSR count). The Balaban J connectivity index is 2.77. The molecule has 4 N–H and O–H groups in total. The van der Waals surface area contributed by atoms with Gasteiger partial charge in [0.15, 0.2) is 0 Å². The SMILES string of the molecule is Cc1cc(N)ccc1NS(=O)(=O)NC(=O)OC(C)C. The predicted octanol–water partition coefficient (Wildman–Crippen LogP) is 1.37. The first-order valence-electron chi connectivity index (χ1n) is 5.57. The first-order chi connectivity index (χ1) is 8.69. The number of hydrogen-bond acceptors (Lipinski definition) is 5. The highest BCUT2D eigenvalue weighted by Crippen LogP contribution is 2.18. The van der Waals surface area contributed by atoms with Crippen LogP contribution in [0, 0.1) is 6.92 Å². The lowest BCUT2D eigenvalue weighted by Gasteiger charge is -2.13. The van der Waals surface area contributed by atoms with Crippen LogP contribution in [-0.2, 0) is 14.9 Å². The number of hydrogen-bond donors (Lipinski definition) is 3. The van der Waals surface area contributed by atoms with Gasteiger partial charge in [0, 0.05) is 5.69 Å². The zero-order chi connectivity index (χ0) is 14.6. The third-order valence-corrected chi connectivity index (χ3v) is 2.98. The highest BCUT2D eigenvalue weighted by molar-refractivity contribution is 7.91. The average molecular weight is 287 g/mol. The van der Waals surface area contributed by atoms with Gasteiger partial charge in [0.1, 0.15) is 0 Å². The van der Waals surface area contributed by atoms with E-state index in [0.29, 0.717) is 16.9 Å². The Bertz CT molecular complexity index is 569. The molecule has 0 spiro atoms. The zero-order valence-electron chi connectivity index (χ0n) is 10.9. The van der Waals surface area contributed by atoms with Crippen molar-refractivity contribution in [1.82, 2.24) is 4.72 Å². The largest absolute Gasteiger partial charge is 0.446 e. The summed E-state index contributed by atoms with van der Waals surface area (Å²) < 4.78 is 32.0. The third kappa shape index (κ3) is 5.04. The van der Waals surface area contributed by atoms with Crippen LogP contribution in [0.2, 0.25) is 0 Å². The highest BCUT2D eigenvalue weighted by atomic mass is 32.2. The maximum absolute atomic E-state index is 11.7. The number of anilines is 2. The number of nitrogen functional groups attached to an aromatic ring is 1. The predicted molar refractivity (Wildman–Crippen MR) is 72.9 cm³/mol. The van der Waals surface area contributed by atoms with E-state index in [1.165, 1.54) is 6.07 Å². The first kappa shape index (κ1) is 15.1. The zero-order valence-corrected chi connectivity index (χ0v) is 11.7. The fraction of sp³-hybridized carbons (Fsp3) is 0.364. The Morgan fingerprint density at radius 2 is 2.00 bits per heavy atom. The van der Waals surface area contributed by atoms with Crippen molar-refractivity contribution in [2.45, 2.75) is 26.9 Å². The van der Waals surface area contributed by atoms with Crippen LogP contribution in [0.4, 0.5) is 16.2 Å². The van der Waals surface area contributed by atoms with Gasteiger partial charge in [-0.15, -0.1) is 0 Å². The molecule has 0 aliphatic carbocycles. The molecule has 106 valence electrons. The lowest BCUT2D eigenvalue weighted by molar-refractivity contribution is 0.121. The number of nitrogens with two attached hydrogens (primary N) is 1. The molecule has 0 saturated heterocycles. The van der Waals surface area contributed by atoms with E-state index in [1.807, 2.05) is 0 Å². The summed E-state index contributed by atoms with van der Waals surface area (Å²) >= 11 is 0. The Kier molecular flexibility index (Phi) is 4.60. The monoisotopic (exact) mass is 287 g/mol. The fourth-order valence-electron chi connectivity index (χ4n) is 1.32. The number of nitrogens with one attached hydrogen (secondary N) is 2. The molecule has 0 saturated carbocycles. The van der Waals surface area contributed by atoms with Crippen LogP contribution in [0.5, 0.6) is 0 Å². The highest BCUT2D eigenvalue weighted by Gasteiger charge is 2.17. The van der Waals surface area contributed by atoms with Gasteiger partial charge in [-0.25, -0.2) is 9.52 Å². The summed E-state index contributed by atoms with van der Waals surface area (Å²) in [4.78, 5) is 11.2. The Morgan fingerprint density at radius 1 is 1.37 bits per heavy atom. The van der Waals surface area contributed by atoms with Crippen LogP contribution < -0.4 is 15.2 Å². The van der Waals surface area contributed by atoms with Gasteiger partial charge in [-0.1, -0.05) is 0 Å². The van der Waals surface area contributed by atoms with Crippen LogP contribution in [-0.4, -0.2) is 20.6 Å². The molecule has 0 unspecified atom stereocenters. The number of carbonyl (C=O) groups is 1. The van der Waals surface area contributed by atoms with Crippen LogP contribution in [0.25, 0.3) is 0 Å². The second-order valence-electron chi connectivity index (χ2n) is 4.24. The summed E-state index contributed by atoms with van der Waals surface area (Å²) in [6, 6.07) is 4.68. The number of carbonyl (C=O) groups excluding carboxylic acids is 1. The van der Waals surface area contributed by atoms with Crippen LogP contribution in [0.15, 0.2) is 18.2 Å². The van der Waals surface area contributed by atoms with Gasteiger partial charge >= 0.3 is 16.3 Å². The average Bonchev–Trinajstić information content (AvgIpc) is 2.19. The van der Waals surface area contributed by atoms with E-state index in [1.54, 1.807) is 37.6 Å². The van der Waals surface area contributed by atoms with Crippen molar-refractivity contribution in [2.75, 3.05) is 10.5 Å². The van der Waals surface area contributed by atoms with E-state index >= 15 is 0 Å². The fourth-order valence-corrected chi connectivity index (χ4v) is 2.16. The van der Waals surface area contributed by atoms with E-state index in [9.17, 15) is 13.2 Å². The molecule has 1 aromatic rings. The van der Waals surface area contributed by atoms with E-state index in [-0.39, 0.29) is 0 Å². The van der Waals surface area contributed by atoms with Gasteiger partial charge in [-0.2, -0.15) is 8.42 Å². The van der Waals surface area contributed by atoms with E-state index in [4.69, 9.17) is 5.73 Å². The van der Waals surface area contributed by atoms with E-state index in [0.717, 1.165) is 0 Å². The number of rotatable bonds is 4. The van der Waals surface area contributed by atoms with Crippen molar-refractivity contribution >= 4 is 27.7 Å². The number of benzene rings is 1. The Labute approximate surface area is 112 Å². The maximum Gasteiger partial charge on any atom is 0.422 e. The molecule has 0 aliphatic heterocycles. The van der Waals surface area contributed by atoms with Gasteiger partial charge in [0.2, 0.25) is 0 Å². The lowest BCUT2D eigenvalue weighted by atomic mass is 10.2. The molecule has 0 heterocycles. The van der Waals surface area contributed by atoms with Gasteiger partial charge in [0.25, 0.3) is 0 Å². The summed E-state index contributed by atoms with van der Waals surface area (Å²) in [6.07, 6.45) is -1.44. The van der Waals surface area contributed by atoms with Crippen molar-refractivity contribution in [3.63, 3.8) is 0 Å². The number of ether oxygens (including phenoxy) is 1. The Hall–Kier alpha value is -1.96. The third-order valence-electron chi connectivity index (χ3n) is 2.06. The molecule has 8 heteroatoms. The number of aryl methyl sites for hydroxylation is 1. The maximum atomic E-state index is 11.7. The molecule has 19 heavy (non-hydrogen) atoms. The van der Waals surface area contributed by atoms with Crippen molar-refractivity contribution < 1.29 is 17.9 Å². The van der Waals surface area contributed by atoms with Crippen LogP contribution in [0.1, 0.15) is 19.4 Å². The van der Waals surface area contributed by atoms with Gasteiger partial charge in [-0.3, -0.25) is 4.72 Å². The van der Waals surface area contributed by atoms with E-state index < -0.39 is 22.4 Å². The minimum absolute atomic E-state index is 0.332. The smallest absolute Gasteiger partial charge is 0.422 e. The molecular weight excluding hydrogens is 270 g/mol. The molecular formula is C11H17N3O4S. The molecule has 0 radical (unpaired) electrons. The number of amides is 1. The van der Waals surface area contributed by atoms with Gasteiger partial charge < -0.3 is 10.5 Å². The quantitative estimate of drug-likeness (QED) is 0.724. The Morgan fingerprint density at radius 3 is 2.53 bits per heavy atom. The summed E-state index contributed by atoms with van der Waals surface area (Å²) in [7, 11) is -4.03. The summed E-state index contributed by atoms with van der Waals surface area (Å²) in [6.45, 7) is 4.92. The summed E-state index contributed by atoms with van der Waals surface area (Å²) in [5.74, 6) is 0. The van der Waals surface area contributed by atoms with Crippen molar-refractivity contribution in [2.24, 2.45) is 0 Å². The van der Waals surface area contributed by atoms with E-state index in [2.05, 4.69) is 9.46 Å². The minimum atomic E-state index is -4.03. The topological polar surface area (TPSA) is 111 Å². The molecule has 1 amide bonds. The first-order valence-corrected chi connectivity index (χ1v) is 7.05. The molecule has 0 aliphatic rings. The molecule has 0 fully saturated rings. The summed E-state index contributed by atoms with van der Waals surface area (Å²) in [5.41, 5.74) is 7.05. The molecule has 7 nitrogen and oxygen atoms in total. The van der Waals surface area contributed by atoms with Crippen molar-refractivity contribution in [3.05, 3.63) is 23.8 Å². The second kappa shape index (κ2) is 5.79. The van der Waals surface area contributed by atoms with Crippen molar-refractivity contribution in [3.8, 4) is 0 Å². The molecule has 0 aromatic heterocycles. The van der Waals surface area contributed by atoms with Crippen molar-refractivity contribution in [1.29, 1.82) is 0 Å².